The van der Waals surface area contributed by atoms with Gasteiger partial charge in [-0.3, -0.25) is 4.68 Å². The summed E-state index contributed by atoms with van der Waals surface area (Å²) in [5.74, 6) is 0.352. The van der Waals surface area contributed by atoms with Crippen LogP contribution in [0, 0.1) is 5.92 Å². The van der Waals surface area contributed by atoms with Crippen molar-refractivity contribution in [1.82, 2.24) is 19.8 Å². The average Bonchev–Trinajstić information content (AvgIpc) is 2.89. The molecule has 21 heavy (non-hydrogen) atoms. The van der Waals surface area contributed by atoms with Gasteiger partial charge in [0.2, 0.25) is 10.0 Å². The van der Waals surface area contributed by atoms with Crippen LogP contribution >= 0.6 is 0 Å². The van der Waals surface area contributed by atoms with E-state index in [4.69, 9.17) is 0 Å². The highest BCUT2D eigenvalue weighted by Crippen LogP contribution is 2.16. The van der Waals surface area contributed by atoms with Crippen LogP contribution in [0.15, 0.2) is 17.3 Å². The maximum absolute atomic E-state index is 12.3. The van der Waals surface area contributed by atoms with E-state index in [0.29, 0.717) is 12.5 Å². The minimum atomic E-state index is -3.48. The highest BCUT2D eigenvalue weighted by atomic mass is 32.2. The first kappa shape index (κ1) is 18.1. The summed E-state index contributed by atoms with van der Waals surface area (Å²) in [4.78, 5) is 0.241. The van der Waals surface area contributed by atoms with Gasteiger partial charge in [-0.2, -0.15) is 5.10 Å². The van der Waals surface area contributed by atoms with E-state index >= 15 is 0 Å². The van der Waals surface area contributed by atoms with Gasteiger partial charge in [0.05, 0.1) is 6.20 Å². The Hall–Kier alpha value is -0.920. The topological polar surface area (TPSA) is 76.0 Å². The molecule has 1 rings (SSSR count). The van der Waals surface area contributed by atoms with Crippen LogP contribution in [0.4, 0.5) is 0 Å². The van der Waals surface area contributed by atoms with Gasteiger partial charge in [0.1, 0.15) is 4.90 Å². The molecule has 1 atom stereocenters. The zero-order valence-electron chi connectivity index (χ0n) is 13.5. The highest BCUT2D eigenvalue weighted by Gasteiger charge is 2.23. The molecule has 0 fully saturated rings. The zero-order valence-corrected chi connectivity index (χ0v) is 14.3. The average molecular weight is 316 g/mol. The second-order valence-electron chi connectivity index (χ2n) is 5.38. The summed E-state index contributed by atoms with van der Waals surface area (Å²) >= 11 is 0. The Kier molecular flexibility index (Phi) is 7.34. The van der Waals surface area contributed by atoms with Gasteiger partial charge in [-0.15, -0.1) is 0 Å². The van der Waals surface area contributed by atoms with Gasteiger partial charge in [-0.25, -0.2) is 13.1 Å². The van der Waals surface area contributed by atoms with Crippen molar-refractivity contribution in [3.63, 3.8) is 0 Å². The number of hydrogen-bond donors (Lipinski definition) is 2. The highest BCUT2D eigenvalue weighted by molar-refractivity contribution is 7.89. The van der Waals surface area contributed by atoms with E-state index in [-0.39, 0.29) is 10.9 Å². The molecule has 1 aromatic heterocycles. The predicted octanol–water partition coefficient (Wildman–Crippen LogP) is 1.60. The molecule has 0 saturated carbocycles. The van der Waals surface area contributed by atoms with Crippen LogP contribution in [0.5, 0.6) is 0 Å². The minimum Gasteiger partial charge on any atom is -0.320 e. The Morgan fingerprint density at radius 2 is 2.00 bits per heavy atom. The molecule has 1 heterocycles. The lowest BCUT2D eigenvalue weighted by Crippen LogP contribution is -2.37. The Bertz CT molecular complexity index is 509. The van der Waals surface area contributed by atoms with Gasteiger partial charge < -0.3 is 5.32 Å². The van der Waals surface area contributed by atoms with Crippen LogP contribution in [-0.4, -0.2) is 37.8 Å². The van der Waals surface area contributed by atoms with E-state index in [2.05, 4.69) is 29.0 Å². The number of hydrogen-bond acceptors (Lipinski definition) is 4. The molecule has 0 aliphatic carbocycles. The van der Waals surface area contributed by atoms with Crippen LogP contribution in [0.25, 0.3) is 0 Å². The molecule has 2 N–H and O–H groups in total. The van der Waals surface area contributed by atoms with Crippen molar-refractivity contribution in [2.24, 2.45) is 5.92 Å². The van der Waals surface area contributed by atoms with Crippen molar-refractivity contribution < 1.29 is 8.42 Å². The first-order valence-corrected chi connectivity index (χ1v) is 9.12. The maximum Gasteiger partial charge on any atom is 0.243 e. The van der Waals surface area contributed by atoms with E-state index < -0.39 is 10.0 Å². The quantitative estimate of drug-likeness (QED) is 0.643. The van der Waals surface area contributed by atoms with Crippen LogP contribution < -0.4 is 10.0 Å². The van der Waals surface area contributed by atoms with Gasteiger partial charge in [-0.1, -0.05) is 26.7 Å². The van der Waals surface area contributed by atoms with E-state index in [1.54, 1.807) is 10.9 Å². The monoisotopic (exact) mass is 316 g/mol. The zero-order chi connectivity index (χ0) is 15.9. The lowest BCUT2D eigenvalue weighted by atomic mass is 9.96. The summed E-state index contributed by atoms with van der Waals surface area (Å²) in [6.45, 7) is 7.68. The standard InChI is InChI=1S/C14H28N4O2S/c1-5-13(6-2)12(3)17-21(19,20)14-10-16-18(11-14)9-7-8-15-4/h10-13,15,17H,5-9H2,1-4H3. The van der Waals surface area contributed by atoms with E-state index in [1.807, 2.05) is 14.0 Å². The van der Waals surface area contributed by atoms with Crippen molar-refractivity contribution in [3.05, 3.63) is 12.4 Å². The molecule has 0 aliphatic rings. The van der Waals surface area contributed by atoms with Crippen molar-refractivity contribution in [2.75, 3.05) is 13.6 Å². The number of aryl methyl sites for hydroxylation is 1. The third-order valence-electron chi connectivity index (χ3n) is 3.83. The van der Waals surface area contributed by atoms with Crippen LogP contribution in [-0.2, 0) is 16.6 Å². The van der Waals surface area contributed by atoms with Crippen molar-refractivity contribution in [1.29, 1.82) is 0 Å². The molecule has 0 aliphatic heterocycles. The van der Waals surface area contributed by atoms with E-state index in [9.17, 15) is 8.42 Å². The first-order chi connectivity index (χ1) is 9.94. The fraction of sp³-hybridized carbons (Fsp3) is 0.786. The summed E-state index contributed by atoms with van der Waals surface area (Å²) < 4.78 is 29.1. The molecule has 7 heteroatoms. The Morgan fingerprint density at radius 3 is 2.57 bits per heavy atom. The Labute approximate surface area is 128 Å². The lowest BCUT2D eigenvalue weighted by molar-refractivity contribution is 0.390. The predicted molar refractivity (Wildman–Crippen MR) is 84.6 cm³/mol. The van der Waals surface area contributed by atoms with E-state index in [0.717, 1.165) is 25.8 Å². The first-order valence-electron chi connectivity index (χ1n) is 7.64. The molecule has 122 valence electrons. The van der Waals surface area contributed by atoms with E-state index in [1.165, 1.54) is 6.20 Å². The number of aromatic nitrogens is 2. The normalized spacial score (nSPS) is 13.8. The van der Waals surface area contributed by atoms with Gasteiger partial charge in [0.15, 0.2) is 0 Å². The van der Waals surface area contributed by atoms with Crippen LogP contribution in [0.3, 0.4) is 0 Å². The molecular formula is C14H28N4O2S. The summed E-state index contributed by atoms with van der Waals surface area (Å²) in [6.07, 6.45) is 5.85. The summed E-state index contributed by atoms with van der Waals surface area (Å²) in [6, 6.07) is -0.0716. The van der Waals surface area contributed by atoms with Crippen molar-refractivity contribution in [2.45, 2.75) is 57.5 Å². The fourth-order valence-corrected chi connectivity index (χ4v) is 3.69. The number of rotatable bonds is 10. The molecular weight excluding hydrogens is 288 g/mol. The number of nitrogens with one attached hydrogen (secondary N) is 2. The smallest absolute Gasteiger partial charge is 0.243 e. The molecule has 1 unspecified atom stereocenters. The Balaban J connectivity index is 2.70. The summed E-state index contributed by atoms with van der Waals surface area (Å²) in [5, 5.41) is 7.17. The van der Waals surface area contributed by atoms with Gasteiger partial charge in [0.25, 0.3) is 0 Å². The van der Waals surface area contributed by atoms with Crippen molar-refractivity contribution >= 4 is 10.0 Å². The SMILES string of the molecule is CCC(CC)C(C)NS(=O)(=O)c1cnn(CCCNC)c1. The largest absolute Gasteiger partial charge is 0.320 e. The Morgan fingerprint density at radius 1 is 1.33 bits per heavy atom. The lowest BCUT2D eigenvalue weighted by Gasteiger charge is -2.21. The maximum atomic E-state index is 12.3. The number of nitrogens with zero attached hydrogens (tertiary/aromatic N) is 2. The van der Waals surface area contributed by atoms with Crippen molar-refractivity contribution in [3.8, 4) is 0 Å². The molecule has 0 aromatic carbocycles. The third kappa shape index (κ3) is 5.41. The van der Waals surface area contributed by atoms with Crippen LogP contribution in [0.1, 0.15) is 40.0 Å². The number of sulfonamides is 1. The summed E-state index contributed by atoms with van der Waals surface area (Å²) in [7, 11) is -1.59. The fourth-order valence-electron chi connectivity index (χ4n) is 2.43. The van der Waals surface area contributed by atoms with Gasteiger partial charge in [-0.05, 0) is 32.9 Å². The summed E-state index contributed by atoms with van der Waals surface area (Å²) in [5.41, 5.74) is 0. The van der Waals surface area contributed by atoms with Gasteiger partial charge >= 0.3 is 0 Å². The molecule has 0 spiro atoms. The molecule has 0 amide bonds. The molecule has 0 saturated heterocycles. The second kappa shape index (κ2) is 8.51. The second-order valence-corrected chi connectivity index (χ2v) is 7.10. The third-order valence-corrected chi connectivity index (χ3v) is 5.34. The van der Waals surface area contributed by atoms with Crippen LogP contribution in [0.2, 0.25) is 0 Å². The minimum absolute atomic E-state index is 0.0716. The molecule has 6 nitrogen and oxygen atoms in total. The molecule has 0 bridgehead atoms. The molecule has 0 radical (unpaired) electrons. The molecule has 1 aromatic rings. The van der Waals surface area contributed by atoms with Gasteiger partial charge in [0, 0.05) is 18.8 Å².